The fourth-order valence-electron chi connectivity index (χ4n) is 2.90. The monoisotopic (exact) mass is 355 g/mol. The van der Waals surface area contributed by atoms with Gasteiger partial charge in [-0.1, -0.05) is 15.9 Å². The molecule has 0 amide bonds. The average molecular weight is 356 g/mol. The van der Waals surface area contributed by atoms with Crippen LogP contribution in [0.15, 0.2) is 16.6 Å². The molecule has 2 atom stereocenters. The van der Waals surface area contributed by atoms with Gasteiger partial charge < -0.3 is 14.6 Å². The largest absolute Gasteiger partial charge is 0.481 e. The smallest absolute Gasteiger partial charge is 0.307 e. The molecule has 1 fully saturated rings. The van der Waals surface area contributed by atoms with E-state index < -0.39 is 5.97 Å². The lowest BCUT2D eigenvalue weighted by Gasteiger charge is -2.36. The Morgan fingerprint density at radius 1 is 1.38 bits per heavy atom. The minimum Gasteiger partial charge on any atom is -0.481 e. The number of benzene rings is 1. The number of ether oxygens (including phenoxy) is 2. The van der Waals surface area contributed by atoms with Crippen LogP contribution in [0.1, 0.15) is 25.3 Å². The maximum absolute atomic E-state index is 11.2. The first-order chi connectivity index (χ1) is 10.0. The van der Waals surface area contributed by atoms with E-state index in [0.29, 0.717) is 19.1 Å². The Morgan fingerprint density at radius 2 is 2.10 bits per heavy atom. The normalized spacial score (nSPS) is 25.0. The summed E-state index contributed by atoms with van der Waals surface area (Å²) >= 11 is 3.56. The second-order valence-electron chi connectivity index (χ2n) is 5.69. The third-order valence-corrected chi connectivity index (χ3v) is 5.01. The summed E-state index contributed by atoms with van der Waals surface area (Å²) in [5, 5.41) is 9.22. The minimum absolute atomic E-state index is 0.256. The molecule has 0 saturated carbocycles. The van der Waals surface area contributed by atoms with Crippen LogP contribution in [0.2, 0.25) is 0 Å². The molecule has 2 heterocycles. The number of halogens is 1. The molecule has 2 aliphatic rings. The molecule has 3 rings (SSSR count). The lowest BCUT2D eigenvalue weighted by molar-refractivity contribution is -0.144. The molecule has 0 spiro atoms. The predicted octanol–water partition coefficient (Wildman–Crippen LogP) is 2.86. The van der Waals surface area contributed by atoms with Gasteiger partial charge in [-0.15, -0.1) is 0 Å². The summed E-state index contributed by atoms with van der Waals surface area (Å²) in [7, 11) is 0. The lowest BCUT2D eigenvalue weighted by atomic mass is 9.93. The summed E-state index contributed by atoms with van der Waals surface area (Å²) < 4.78 is 11.7. The van der Waals surface area contributed by atoms with E-state index >= 15 is 0 Å². The molecule has 114 valence electrons. The number of hydrogen-bond donors (Lipinski definition) is 1. The molecule has 0 aliphatic carbocycles. The van der Waals surface area contributed by atoms with Gasteiger partial charge in [0.1, 0.15) is 0 Å². The second-order valence-corrected chi connectivity index (χ2v) is 6.54. The van der Waals surface area contributed by atoms with Gasteiger partial charge in [0.05, 0.1) is 5.92 Å². The predicted molar refractivity (Wildman–Crippen MR) is 80.5 cm³/mol. The van der Waals surface area contributed by atoms with Gasteiger partial charge in [0, 0.05) is 23.6 Å². The molecular formula is C15H18BrNO4. The first-order valence-corrected chi connectivity index (χ1v) is 7.88. The van der Waals surface area contributed by atoms with Gasteiger partial charge in [-0.3, -0.25) is 9.69 Å². The Hall–Kier alpha value is -1.27. The standard InChI is InChI=1S/C15H18BrNO4/c1-9-2-3-10(15(18)19)6-17(9)7-11-4-13-14(5-12(11)16)21-8-20-13/h4-5,9-10H,2-3,6-8H2,1H3,(H,18,19). The fourth-order valence-corrected chi connectivity index (χ4v) is 3.35. The molecule has 1 aromatic rings. The van der Waals surface area contributed by atoms with Gasteiger partial charge in [0.15, 0.2) is 11.5 Å². The number of aliphatic carboxylic acids is 1. The molecule has 1 aromatic carbocycles. The van der Waals surface area contributed by atoms with Crippen molar-refractivity contribution in [1.29, 1.82) is 0 Å². The van der Waals surface area contributed by atoms with Gasteiger partial charge in [-0.05, 0) is 37.5 Å². The van der Waals surface area contributed by atoms with E-state index in [4.69, 9.17) is 9.47 Å². The molecule has 0 aromatic heterocycles. The highest BCUT2D eigenvalue weighted by Gasteiger charge is 2.30. The molecular weight excluding hydrogens is 338 g/mol. The quantitative estimate of drug-likeness (QED) is 0.903. The molecule has 6 heteroatoms. The van der Waals surface area contributed by atoms with Crippen LogP contribution in [0.4, 0.5) is 0 Å². The van der Waals surface area contributed by atoms with Crippen molar-refractivity contribution in [3.05, 3.63) is 22.2 Å². The Balaban J connectivity index is 1.77. The molecule has 1 N–H and O–H groups in total. The summed E-state index contributed by atoms with van der Waals surface area (Å²) in [5.74, 6) is 0.541. The topological polar surface area (TPSA) is 59.0 Å². The van der Waals surface area contributed by atoms with Crippen molar-refractivity contribution in [2.45, 2.75) is 32.4 Å². The maximum atomic E-state index is 11.2. The highest BCUT2D eigenvalue weighted by Crippen LogP contribution is 2.38. The van der Waals surface area contributed by atoms with Crippen LogP contribution in [0, 0.1) is 5.92 Å². The third kappa shape index (κ3) is 3.01. The summed E-state index contributed by atoms with van der Waals surface area (Å²) in [5.41, 5.74) is 1.09. The Labute approximate surface area is 132 Å². The van der Waals surface area contributed by atoms with Crippen molar-refractivity contribution >= 4 is 21.9 Å². The SMILES string of the molecule is CC1CCC(C(=O)O)CN1Cc1cc2c(cc1Br)OCO2. The van der Waals surface area contributed by atoms with Crippen LogP contribution in [-0.2, 0) is 11.3 Å². The molecule has 0 radical (unpaired) electrons. The minimum atomic E-state index is -0.698. The number of rotatable bonds is 3. The summed E-state index contributed by atoms with van der Waals surface area (Å²) in [6, 6.07) is 4.28. The van der Waals surface area contributed by atoms with E-state index in [2.05, 4.69) is 27.8 Å². The van der Waals surface area contributed by atoms with Crippen LogP contribution in [0.5, 0.6) is 11.5 Å². The first-order valence-electron chi connectivity index (χ1n) is 7.09. The van der Waals surface area contributed by atoms with Crippen molar-refractivity contribution in [2.75, 3.05) is 13.3 Å². The average Bonchev–Trinajstić information content (AvgIpc) is 2.88. The van der Waals surface area contributed by atoms with E-state index in [9.17, 15) is 9.90 Å². The molecule has 2 aliphatic heterocycles. The zero-order valence-corrected chi connectivity index (χ0v) is 13.4. The number of carbonyl (C=O) groups is 1. The van der Waals surface area contributed by atoms with Gasteiger partial charge in [-0.25, -0.2) is 0 Å². The summed E-state index contributed by atoms with van der Waals surface area (Å²) in [6.45, 7) is 3.71. The number of likely N-dealkylation sites (tertiary alicyclic amines) is 1. The van der Waals surface area contributed by atoms with Crippen LogP contribution in [0.25, 0.3) is 0 Å². The summed E-state index contributed by atoms with van der Waals surface area (Å²) in [6.07, 6.45) is 1.68. The number of piperidine rings is 1. The Kier molecular flexibility index (Phi) is 4.08. The van der Waals surface area contributed by atoms with E-state index in [1.807, 2.05) is 12.1 Å². The van der Waals surface area contributed by atoms with Gasteiger partial charge in [0.25, 0.3) is 0 Å². The van der Waals surface area contributed by atoms with Crippen LogP contribution >= 0.6 is 15.9 Å². The number of nitrogens with zero attached hydrogens (tertiary/aromatic N) is 1. The van der Waals surface area contributed by atoms with E-state index in [1.165, 1.54) is 0 Å². The highest BCUT2D eigenvalue weighted by molar-refractivity contribution is 9.10. The second kappa shape index (κ2) is 5.85. The maximum Gasteiger partial charge on any atom is 0.307 e. The van der Waals surface area contributed by atoms with Crippen molar-refractivity contribution in [3.63, 3.8) is 0 Å². The van der Waals surface area contributed by atoms with Gasteiger partial charge in [0.2, 0.25) is 6.79 Å². The van der Waals surface area contributed by atoms with Crippen molar-refractivity contribution in [3.8, 4) is 11.5 Å². The fraction of sp³-hybridized carbons (Fsp3) is 0.533. The van der Waals surface area contributed by atoms with Gasteiger partial charge >= 0.3 is 5.97 Å². The van der Waals surface area contributed by atoms with Crippen molar-refractivity contribution in [2.24, 2.45) is 5.92 Å². The van der Waals surface area contributed by atoms with Crippen molar-refractivity contribution < 1.29 is 19.4 Å². The van der Waals surface area contributed by atoms with E-state index in [1.54, 1.807) is 0 Å². The molecule has 0 bridgehead atoms. The van der Waals surface area contributed by atoms with Gasteiger partial charge in [-0.2, -0.15) is 0 Å². The molecule has 5 nitrogen and oxygen atoms in total. The molecule has 2 unspecified atom stereocenters. The van der Waals surface area contributed by atoms with E-state index in [0.717, 1.165) is 34.4 Å². The van der Waals surface area contributed by atoms with E-state index in [-0.39, 0.29) is 12.7 Å². The van der Waals surface area contributed by atoms with Crippen molar-refractivity contribution in [1.82, 2.24) is 4.90 Å². The number of carboxylic acids is 1. The zero-order chi connectivity index (χ0) is 15.0. The zero-order valence-electron chi connectivity index (χ0n) is 11.8. The number of carboxylic acid groups (broad SMARTS) is 1. The molecule has 1 saturated heterocycles. The van der Waals surface area contributed by atoms with Crippen LogP contribution < -0.4 is 9.47 Å². The molecule has 21 heavy (non-hydrogen) atoms. The Morgan fingerprint density at radius 3 is 2.81 bits per heavy atom. The first kappa shape index (κ1) is 14.7. The summed E-state index contributed by atoms with van der Waals surface area (Å²) in [4.78, 5) is 13.4. The lowest BCUT2D eigenvalue weighted by Crippen LogP contribution is -2.43. The third-order valence-electron chi connectivity index (χ3n) is 4.28. The van der Waals surface area contributed by atoms with Crippen LogP contribution in [-0.4, -0.2) is 35.4 Å². The van der Waals surface area contributed by atoms with Crippen LogP contribution in [0.3, 0.4) is 0 Å². The number of hydrogen-bond acceptors (Lipinski definition) is 4. The number of fused-ring (bicyclic) bond motifs is 1. The Bertz CT molecular complexity index is 563. The highest BCUT2D eigenvalue weighted by atomic mass is 79.9.